The molecule has 5 heteroatoms. The van der Waals surface area contributed by atoms with E-state index >= 15 is 0 Å². The molecule has 1 aliphatic carbocycles. The van der Waals surface area contributed by atoms with Crippen LogP contribution in [0.4, 0.5) is 13.2 Å². The predicted octanol–water partition coefficient (Wildman–Crippen LogP) is 2.31. The average molecular weight is 238 g/mol. The summed E-state index contributed by atoms with van der Waals surface area (Å²) in [6, 6.07) is 0. The third kappa shape index (κ3) is 4.70. The summed E-state index contributed by atoms with van der Waals surface area (Å²) in [7, 11) is 0. The molecule has 2 N–H and O–H groups in total. The van der Waals surface area contributed by atoms with Crippen molar-refractivity contribution in [2.75, 3.05) is 26.2 Å². The number of nitrogens with one attached hydrogen (secondary N) is 2. The maximum atomic E-state index is 11.8. The van der Waals surface area contributed by atoms with Crippen molar-refractivity contribution >= 4 is 0 Å². The second kappa shape index (κ2) is 5.87. The molecule has 16 heavy (non-hydrogen) atoms. The highest BCUT2D eigenvalue weighted by Crippen LogP contribution is 2.42. The van der Waals surface area contributed by atoms with Gasteiger partial charge in [-0.1, -0.05) is 13.3 Å². The minimum Gasteiger partial charge on any atom is -0.315 e. The van der Waals surface area contributed by atoms with Crippen LogP contribution < -0.4 is 10.6 Å². The van der Waals surface area contributed by atoms with Gasteiger partial charge in [0.05, 0.1) is 6.54 Å². The second-order valence-electron chi connectivity index (χ2n) is 4.68. The fraction of sp³-hybridized carbons (Fsp3) is 1.00. The lowest BCUT2D eigenvalue weighted by molar-refractivity contribution is -0.124. The molecule has 1 saturated carbocycles. The van der Waals surface area contributed by atoms with Crippen molar-refractivity contribution in [3.05, 3.63) is 0 Å². The molecule has 0 spiro atoms. The molecular formula is C11H21F3N2. The Labute approximate surface area is 95.0 Å². The Morgan fingerprint density at radius 3 is 2.19 bits per heavy atom. The summed E-state index contributed by atoms with van der Waals surface area (Å²) < 4.78 is 35.4. The molecule has 0 aliphatic heterocycles. The average Bonchev–Trinajstić information content (AvgIpc) is 2.13. The van der Waals surface area contributed by atoms with Gasteiger partial charge >= 0.3 is 6.18 Å². The van der Waals surface area contributed by atoms with Crippen molar-refractivity contribution in [3.8, 4) is 0 Å². The number of hydrogen-bond acceptors (Lipinski definition) is 2. The van der Waals surface area contributed by atoms with Crippen LogP contribution in [0.15, 0.2) is 0 Å². The van der Waals surface area contributed by atoms with E-state index in [0.717, 1.165) is 13.0 Å². The van der Waals surface area contributed by atoms with E-state index < -0.39 is 12.7 Å². The summed E-state index contributed by atoms with van der Waals surface area (Å²) in [4.78, 5) is 0. The molecule has 0 heterocycles. The van der Waals surface area contributed by atoms with Gasteiger partial charge in [-0.25, -0.2) is 0 Å². The van der Waals surface area contributed by atoms with Crippen molar-refractivity contribution < 1.29 is 13.2 Å². The molecular weight excluding hydrogens is 217 g/mol. The number of rotatable bonds is 7. The van der Waals surface area contributed by atoms with E-state index in [9.17, 15) is 13.2 Å². The molecule has 1 aliphatic rings. The van der Waals surface area contributed by atoms with Gasteiger partial charge in [-0.3, -0.25) is 0 Å². The van der Waals surface area contributed by atoms with E-state index in [2.05, 4.69) is 17.6 Å². The maximum Gasteiger partial charge on any atom is 0.401 e. The van der Waals surface area contributed by atoms with Crippen LogP contribution in [-0.4, -0.2) is 32.4 Å². The molecule has 0 bridgehead atoms. The molecule has 0 unspecified atom stereocenters. The minimum atomic E-state index is -4.10. The molecule has 1 fully saturated rings. The molecule has 0 amide bonds. The van der Waals surface area contributed by atoms with Crippen molar-refractivity contribution in [3.63, 3.8) is 0 Å². The zero-order valence-electron chi connectivity index (χ0n) is 9.79. The van der Waals surface area contributed by atoms with Crippen LogP contribution in [0, 0.1) is 5.41 Å². The number of alkyl halides is 3. The first-order valence-corrected chi connectivity index (χ1v) is 5.96. The minimum absolute atomic E-state index is 0.374. The van der Waals surface area contributed by atoms with E-state index in [-0.39, 0.29) is 0 Å². The summed E-state index contributed by atoms with van der Waals surface area (Å²) >= 11 is 0. The fourth-order valence-corrected chi connectivity index (χ4v) is 2.09. The van der Waals surface area contributed by atoms with Gasteiger partial charge in [-0.15, -0.1) is 0 Å². The Hall–Kier alpha value is -0.290. The third-order valence-corrected chi connectivity index (χ3v) is 3.47. The van der Waals surface area contributed by atoms with Gasteiger partial charge < -0.3 is 10.6 Å². The van der Waals surface area contributed by atoms with Gasteiger partial charge in [0.25, 0.3) is 0 Å². The van der Waals surface area contributed by atoms with Crippen LogP contribution >= 0.6 is 0 Å². The number of hydrogen-bond donors (Lipinski definition) is 2. The lowest BCUT2D eigenvalue weighted by atomic mass is 9.67. The summed E-state index contributed by atoms with van der Waals surface area (Å²) in [5, 5.41) is 5.61. The standard InChI is InChI=1S/C11H21F3N2/c1-2-10(4-3-5-10)8-15-6-7-16-9-11(12,13)14/h15-16H,2-9H2,1H3. The van der Waals surface area contributed by atoms with Crippen LogP contribution in [0.3, 0.4) is 0 Å². The molecule has 0 atom stereocenters. The van der Waals surface area contributed by atoms with Gasteiger partial charge in [-0.05, 0) is 24.7 Å². The van der Waals surface area contributed by atoms with Gasteiger partial charge in [0.2, 0.25) is 0 Å². The lowest BCUT2D eigenvalue weighted by Crippen LogP contribution is -2.42. The highest BCUT2D eigenvalue weighted by Gasteiger charge is 2.34. The summed E-state index contributed by atoms with van der Waals surface area (Å²) in [5.41, 5.74) is 0.435. The van der Waals surface area contributed by atoms with E-state index in [4.69, 9.17) is 0 Å². The first kappa shape index (κ1) is 13.8. The highest BCUT2D eigenvalue weighted by molar-refractivity contribution is 4.88. The SMILES string of the molecule is CCC1(CNCCNCC(F)(F)F)CCC1. The van der Waals surface area contributed by atoms with Crippen molar-refractivity contribution in [1.29, 1.82) is 0 Å². The molecule has 0 aromatic heterocycles. The molecule has 0 radical (unpaired) electrons. The van der Waals surface area contributed by atoms with Crippen molar-refractivity contribution in [2.24, 2.45) is 5.41 Å². The molecule has 1 rings (SSSR count). The van der Waals surface area contributed by atoms with E-state index in [1.54, 1.807) is 0 Å². The predicted molar refractivity (Wildman–Crippen MR) is 58.4 cm³/mol. The smallest absolute Gasteiger partial charge is 0.315 e. The Bertz CT molecular complexity index is 194. The Balaban J connectivity index is 1.96. The fourth-order valence-electron chi connectivity index (χ4n) is 2.09. The van der Waals surface area contributed by atoms with Crippen LogP contribution in [0.25, 0.3) is 0 Å². The third-order valence-electron chi connectivity index (χ3n) is 3.47. The van der Waals surface area contributed by atoms with Crippen LogP contribution in [0.1, 0.15) is 32.6 Å². The Morgan fingerprint density at radius 2 is 1.75 bits per heavy atom. The molecule has 0 aromatic rings. The Kier molecular flexibility index (Phi) is 5.05. The van der Waals surface area contributed by atoms with E-state index in [1.165, 1.54) is 19.3 Å². The largest absolute Gasteiger partial charge is 0.401 e. The first-order valence-electron chi connectivity index (χ1n) is 5.96. The van der Waals surface area contributed by atoms with Gasteiger partial charge in [0, 0.05) is 19.6 Å². The summed E-state index contributed by atoms with van der Waals surface area (Å²) in [6.07, 6.45) is 0.870. The second-order valence-corrected chi connectivity index (χ2v) is 4.68. The topological polar surface area (TPSA) is 24.1 Å². The molecule has 0 aromatic carbocycles. The lowest BCUT2D eigenvalue weighted by Gasteiger charge is -2.41. The van der Waals surface area contributed by atoms with Crippen LogP contribution in [0.5, 0.6) is 0 Å². The maximum absolute atomic E-state index is 11.8. The van der Waals surface area contributed by atoms with Crippen LogP contribution in [-0.2, 0) is 0 Å². The number of halogens is 3. The summed E-state index contributed by atoms with van der Waals surface area (Å²) in [6.45, 7) is 3.21. The van der Waals surface area contributed by atoms with Crippen molar-refractivity contribution in [2.45, 2.75) is 38.8 Å². The quantitative estimate of drug-likeness (QED) is 0.665. The van der Waals surface area contributed by atoms with Crippen LogP contribution in [0.2, 0.25) is 0 Å². The zero-order valence-corrected chi connectivity index (χ0v) is 9.79. The summed E-state index contributed by atoms with van der Waals surface area (Å²) in [5.74, 6) is 0. The van der Waals surface area contributed by atoms with Gasteiger partial charge in [0.1, 0.15) is 0 Å². The Morgan fingerprint density at radius 1 is 1.12 bits per heavy atom. The van der Waals surface area contributed by atoms with Gasteiger partial charge in [-0.2, -0.15) is 13.2 Å². The van der Waals surface area contributed by atoms with Crippen molar-refractivity contribution in [1.82, 2.24) is 10.6 Å². The molecule has 0 saturated heterocycles. The first-order chi connectivity index (χ1) is 7.47. The monoisotopic (exact) mass is 238 g/mol. The molecule has 2 nitrogen and oxygen atoms in total. The molecule has 96 valence electrons. The zero-order chi connectivity index (χ0) is 12.1. The van der Waals surface area contributed by atoms with E-state index in [0.29, 0.717) is 18.5 Å². The highest BCUT2D eigenvalue weighted by atomic mass is 19.4. The normalized spacial score (nSPS) is 19.5. The van der Waals surface area contributed by atoms with Gasteiger partial charge in [0.15, 0.2) is 0 Å². The van der Waals surface area contributed by atoms with E-state index in [1.807, 2.05) is 0 Å².